The van der Waals surface area contributed by atoms with Crippen molar-refractivity contribution in [3.8, 4) is 0 Å². The summed E-state index contributed by atoms with van der Waals surface area (Å²) in [6.07, 6.45) is 2.72. The largest absolute Gasteiger partial charge is 0.462 e. The Bertz CT molecular complexity index is 841. The van der Waals surface area contributed by atoms with E-state index in [0.717, 1.165) is 36.8 Å². The van der Waals surface area contributed by atoms with E-state index in [9.17, 15) is 19.5 Å². The fourth-order valence-electron chi connectivity index (χ4n) is 3.70. The molecule has 4 N–H and O–H groups in total. The lowest BCUT2D eigenvalue weighted by Gasteiger charge is -2.19. The minimum atomic E-state index is -0.959. The summed E-state index contributed by atoms with van der Waals surface area (Å²) in [5.41, 5.74) is 5.14. The van der Waals surface area contributed by atoms with Crippen molar-refractivity contribution in [3.63, 3.8) is 0 Å². The standard InChI is InChI=1S/C22H37N5O6/c1-5-8-14(9-6-2)20(29)25-17-11-24-27(22(31)26-17)18-10-15(28)16(33-18)12-32-21(30)19(23)13(4)7-3/h11,13-16,18-19,28H,5-10,12,23H2,1-4H3,(H,25,26,29,31)/t13-,15?,16+,18+,19-/m0/s1. The molecule has 2 heterocycles. The fraction of sp³-hybridized carbons (Fsp3) is 0.773. The third-order valence-electron chi connectivity index (χ3n) is 6.01. The number of nitrogens with one attached hydrogen (secondary N) is 1. The van der Waals surface area contributed by atoms with Crippen molar-refractivity contribution >= 4 is 17.7 Å². The molecule has 11 nitrogen and oxygen atoms in total. The highest BCUT2D eigenvalue weighted by Crippen LogP contribution is 2.27. The van der Waals surface area contributed by atoms with Gasteiger partial charge in [0, 0.05) is 12.3 Å². The highest BCUT2D eigenvalue weighted by Gasteiger charge is 2.37. The van der Waals surface area contributed by atoms with Crippen molar-refractivity contribution in [2.75, 3.05) is 11.9 Å². The second-order valence-electron chi connectivity index (χ2n) is 8.61. The van der Waals surface area contributed by atoms with Crippen molar-refractivity contribution in [1.29, 1.82) is 0 Å². The van der Waals surface area contributed by atoms with Crippen LogP contribution in [0.4, 0.5) is 5.82 Å². The quantitative estimate of drug-likeness (QED) is 0.386. The maximum absolute atomic E-state index is 12.5. The molecule has 1 fully saturated rings. The monoisotopic (exact) mass is 467 g/mol. The lowest BCUT2D eigenvalue weighted by Crippen LogP contribution is -2.40. The van der Waals surface area contributed by atoms with Gasteiger partial charge < -0.3 is 25.6 Å². The van der Waals surface area contributed by atoms with Crippen LogP contribution in [-0.2, 0) is 19.1 Å². The van der Waals surface area contributed by atoms with Gasteiger partial charge in [0.05, 0.1) is 12.3 Å². The molecule has 1 aromatic heterocycles. The fourth-order valence-corrected chi connectivity index (χ4v) is 3.70. The van der Waals surface area contributed by atoms with Gasteiger partial charge >= 0.3 is 11.7 Å². The molecule has 0 radical (unpaired) electrons. The minimum Gasteiger partial charge on any atom is -0.462 e. The van der Waals surface area contributed by atoms with E-state index < -0.39 is 36.1 Å². The lowest BCUT2D eigenvalue weighted by atomic mass is 9.97. The van der Waals surface area contributed by atoms with Gasteiger partial charge in [-0.25, -0.2) is 4.79 Å². The number of hydrogen-bond donors (Lipinski definition) is 3. The number of aliphatic hydroxyl groups excluding tert-OH is 1. The van der Waals surface area contributed by atoms with Crippen LogP contribution in [0.25, 0.3) is 0 Å². The maximum atomic E-state index is 12.5. The number of anilines is 1. The molecular weight excluding hydrogens is 430 g/mol. The number of aliphatic hydroxyl groups is 1. The molecule has 11 heteroatoms. The number of rotatable bonds is 12. The number of carbonyl (C=O) groups is 2. The number of hydrogen-bond acceptors (Lipinski definition) is 9. The number of nitrogens with two attached hydrogens (primary N) is 1. The maximum Gasteiger partial charge on any atom is 0.368 e. The highest BCUT2D eigenvalue weighted by atomic mass is 16.6. The van der Waals surface area contributed by atoms with Crippen LogP contribution in [-0.4, -0.2) is 56.6 Å². The Hall–Kier alpha value is -2.37. The molecule has 0 spiro atoms. The highest BCUT2D eigenvalue weighted by molar-refractivity contribution is 5.91. The number of aromatic nitrogens is 3. The molecule has 1 saturated heterocycles. The lowest BCUT2D eigenvalue weighted by molar-refractivity contribution is -0.153. The normalized spacial score (nSPS) is 22.2. The number of amides is 1. The van der Waals surface area contributed by atoms with Gasteiger partial charge in [-0.3, -0.25) is 9.59 Å². The van der Waals surface area contributed by atoms with E-state index in [4.69, 9.17) is 15.2 Å². The molecule has 0 saturated carbocycles. The van der Waals surface area contributed by atoms with E-state index in [1.807, 2.05) is 27.7 Å². The number of ether oxygens (including phenoxy) is 2. The molecule has 0 bridgehead atoms. The molecule has 1 aliphatic rings. The summed E-state index contributed by atoms with van der Waals surface area (Å²) in [7, 11) is 0. The van der Waals surface area contributed by atoms with Crippen molar-refractivity contribution < 1.29 is 24.2 Å². The predicted octanol–water partition coefficient (Wildman–Crippen LogP) is 1.36. The molecule has 2 rings (SSSR count). The Kier molecular flexibility index (Phi) is 10.4. The number of nitrogens with zero attached hydrogens (tertiary/aromatic N) is 3. The average molecular weight is 468 g/mol. The summed E-state index contributed by atoms with van der Waals surface area (Å²) in [5, 5.41) is 17.0. The average Bonchev–Trinajstić information content (AvgIpc) is 3.16. The Morgan fingerprint density at radius 2 is 2.00 bits per heavy atom. The summed E-state index contributed by atoms with van der Waals surface area (Å²) in [5.74, 6) is -0.858. The molecule has 33 heavy (non-hydrogen) atoms. The van der Waals surface area contributed by atoms with Crippen LogP contribution in [0.5, 0.6) is 0 Å². The van der Waals surface area contributed by atoms with Gasteiger partial charge in [0.2, 0.25) is 5.91 Å². The zero-order valence-corrected chi connectivity index (χ0v) is 19.9. The Balaban J connectivity index is 1.98. The molecule has 5 atom stereocenters. The van der Waals surface area contributed by atoms with Crippen LogP contribution >= 0.6 is 0 Å². The smallest absolute Gasteiger partial charge is 0.368 e. The molecule has 1 unspecified atom stereocenters. The van der Waals surface area contributed by atoms with Gasteiger partial charge in [-0.15, -0.1) is 0 Å². The van der Waals surface area contributed by atoms with E-state index >= 15 is 0 Å². The van der Waals surface area contributed by atoms with Crippen LogP contribution < -0.4 is 16.7 Å². The van der Waals surface area contributed by atoms with E-state index in [1.54, 1.807) is 0 Å². The van der Waals surface area contributed by atoms with Crippen LogP contribution in [0.2, 0.25) is 0 Å². The van der Waals surface area contributed by atoms with Gasteiger partial charge in [-0.1, -0.05) is 47.0 Å². The topological polar surface area (TPSA) is 159 Å². The second kappa shape index (κ2) is 12.8. The first-order chi connectivity index (χ1) is 15.7. The second-order valence-corrected chi connectivity index (χ2v) is 8.61. The zero-order valence-electron chi connectivity index (χ0n) is 19.9. The first-order valence-electron chi connectivity index (χ1n) is 11.7. The van der Waals surface area contributed by atoms with Gasteiger partial charge in [-0.05, 0) is 18.8 Å². The predicted molar refractivity (Wildman–Crippen MR) is 121 cm³/mol. The summed E-state index contributed by atoms with van der Waals surface area (Å²) in [6, 6.07) is -0.755. The third kappa shape index (κ3) is 7.31. The van der Waals surface area contributed by atoms with Gasteiger partial charge in [0.25, 0.3) is 0 Å². The van der Waals surface area contributed by atoms with Crippen molar-refractivity contribution in [2.45, 2.75) is 90.7 Å². The molecular formula is C22H37N5O6. The first-order valence-corrected chi connectivity index (χ1v) is 11.7. The molecule has 0 aliphatic carbocycles. The molecule has 1 aliphatic heterocycles. The van der Waals surface area contributed by atoms with E-state index in [-0.39, 0.29) is 36.6 Å². The van der Waals surface area contributed by atoms with Crippen LogP contribution in [0.3, 0.4) is 0 Å². The number of carbonyl (C=O) groups excluding carboxylic acids is 2. The first kappa shape index (κ1) is 26.9. The van der Waals surface area contributed by atoms with Crippen LogP contribution in [0.15, 0.2) is 11.0 Å². The van der Waals surface area contributed by atoms with E-state index in [0.29, 0.717) is 0 Å². The van der Waals surface area contributed by atoms with Crippen LogP contribution in [0.1, 0.15) is 72.4 Å². The minimum absolute atomic E-state index is 0.0354. The molecule has 0 aromatic carbocycles. The Labute approximate surface area is 194 Å². The van der Waals surface area contributed by atoms with Gasteiger partial charge in [0.1, 0.15) is 18.8 Å². The zero-order chi connectivity index (χ0) is 24.5. The number of esters is 1. The molecule has 1 amide bonds. The summed E-state index contributed by atoms with van der Waals surface area (Å²) < 4.78 is 11.9. The van der Waals surface area contributed by atoms with Crippen molar-refractivity contribution in [1.82, 2.24) is 14.8 Å². The Morgan fingerprint density at radius 3 is 2.58 bits per heavy atom. The van der Waals surface area contributed by atoms with Crippen molar-refractivity contribution in [2.24, 2.45) is 17.6 Å². The SMILES string of the molecule is CCCC(CCC)C(=O)Nc1cnn([C@H]2CC(O)[C@@H](COC(=O)[C@@H](N)[C@@H](C)CC)O2)c(=O)n1. The molecule has 1 aromatic rings. The third-order valence-corrected chi connectivity index (χ3v) is 6.01. The van der Waals surface area contributed by atoms with Crippen LogP contribution in [0, 0.1) is 11.8 Å². The van der Waals surface area contributed by atoms with E-state index in [2.05, 4.69) is 15.4 Å². The van der Waals surface area contributed by atoms with Crippen molar-refractivity contribution in [3.05, 3.63) is 16.7 Å². The van der Waals surface area contributed by atoms with E-state index in [1.165, 1.54) is 6.20 Å². The van der Waals surface area contributed by atoms with Gasteiger partial charge in [-0.2, -0.15) is 14.8 Å². The van der Waals surface area contributed by atoms with Gasteiger partial charge in [0.15, 0.2) is 12.0 Å². The summed E-state index contributed by atoms with van der Waals surface area (Å²) >= 11 is 0. The summed E-state index contributed by atoms with van der Waals surface area (Å²) in [6.45, 7) is 7.62. The summed E-state index contributed by atoms with van der Waals surface area (Å²) in [4.78, 5) is 40.9. The molecule has 186 valence electrons. The Morgan fingerprint density at radius 1 is 1.33 bits per heavy atom.